The lowest BCUT2D eigenvalue weighted by molar-refractivity contribution is -0.145. The van der Waals surface area contributed by atoms with E-state index in [1.807, 2.05) is 56.3 Å². The van der Waals surface area contributed by atoms with Crippen LogP contribution in [0.1, 0.15) is 41.0 Å². The molecule has 0 aromatic heterocycles. The molecule has 0 aliphatic heterocycles. The Kier molecular flexibility index (Phi) is 4.08. The van der Waals surface area contributed by atoms with E-state index in [4.69, 9.17) is 4.74 Å². The highest BCUT2D eigenvalue weighted by molar-refractivity contribution is 5.85. The highest BCUT2D eigenvalue weighted by Crippen LogP contribution is 2.34. The van der Waals surface area contributed by atoms with Crippen molar-refractivity contribution in [3.8, 4) is 5.75 Å². The molecule has 0 radical (unpaired) electrons. The zero-order valence-electron chi connectivity index (χ0n) is 13.6. The molecule has 0 aliphatic rings. The van der Waals surface area contributed by atoms with Gasteiger partial charge in [0.15, 0.2) is 0 Å². The Morgan fingerprint density at radius 2 is 1.57 bits per heavy atom. The lowest BCUT2D eigenvalue weighted by Crippen LogP contribution is -2.33. The maximum atomic E-state index is 12.4. The highest BCUT2D eigenvalue weighted by atomic mass is 16.5. The molecule has 0 fully saturated rings. The standard InChI is InChI=1S/C19H24O2/c1-18(2,3)13-19(4,5)17(20)21-16-11-10-14-8-6-7-9-15(14)12-16/h6-12H,13H2,1-5H3. The lowest BCUT2D eigenvalue weighted by Gasteiger charge is -2.30. The summed E-state index contributed by atoms with van der Waals surface area (Å²) in [5, 5.41) is 2.22. The Morgan fingerprint density at radius 1 is 0.952 bits per heavy atom. The zero-order chi connectivity index (χ0) is 15.7. The predicted molar refractivity (Wildman–Crippen MR) is 87.4 cm³/mol. The molecule has 0 spiro atoms. The molecular formula is C19H24O2. The van der Waals surface area contributed by atoms with Gasteiger partial charge in [-0.2, -0.15) is 0 Å². The number of carbonyl (C=O) groups is 1. The van der Waals surface area contributed by atoms with Gasteiger partial charge in [0.2, 0.25) is 0 Å². The molecule has 0 aliphatic carbocycles. The molecule has 0 unspecified atom stereocenters. The van der Waals surface area contributed by atoms with Crippen molar-refractivity contribution in [2.75, 3.05) is 0 Å². The maximum Gasteiger partial charge on any atom is 0.316 e. The second kappa shape index (κ2) is 5.51. The van der Waals surface area contributed by atoms with Crippen LogP contribution in [0.3, 0.4) is 0 Å². The summed E-state index contributed by atoms with van der Waals surface area (Å²) < 4.78 is 5.59. The van der Waals surface area contributed by atoms with Crippen LogP contribution in [0, 0.1) is 10.8 Å². The van der Waals surface area contributed by atoms with E-state index in [9.17, 15) is 4.79 Å². The normalized spacial score (nSPS) is 12.4. The fourth-order valence-electron chi connectivity index (χ4n) is 2.87. The molecule has 21 heavy (non-hydrogen) atoms. The fourth-order valence-corrected chi connectivity index (χ4v) is 2.87. The number of hydrogen-bond acceptors (Lipinski definition) is 2. The van der Waals surface area contributed by atoms with Crippen molar-refractivity contribution >= 4 is 16.7 Å². The molecule has 2 aromatic rings. The maximum absolute atomic E-state index is 12.4. The number of esters is 1. The smallest absolute Gasteiger partial charge is 0.316 e. The monoisotopic (exact) mass is 284 g/mol. The van der Waals surface area contributed by atoms with Crippen LogP contribution in [0.2, 0.25) is 0 Å². The van der Waals surface area contributed by atoms with E-state index in [1.54, 1.807) is 0 Å². The van der Waals surface area contributed by atoms with Crippen LogP contribution in [0.5, 0.6) is 5.75 Å². The largest absolute Gasteiger partial charge is 0.426 e. The first kappa shape index (κ1) is 15.6. The van der Waals surface area contributed by atoms with E-state index in [1.165, 1.54) is 0 Å². The molecule has 2 aromatic carbocycles. The van der Waals surface area contributed by atoms with E-state index in [-0.39, 0.29) is 11.4 Å². The molecular weight excluding hydrogens is 260 g/mol. The van der Waals surface area contributed by atoms with Crippen molar-refractivity contribution < 1.29 is 9.53 Å². The summed E-state index contributed by atoms with van der Waals surface area (Å²) in [4.78, 5) is 12.4. The Bertz CT molecular complexity index is 648. The van der Waals surface area contributed by atoms with E-state index >= 15 is 0 Å². The molecule has 2 rings (SSSR count). The molecule has 2 nitrogen and oxygen atoms in total. The summed E-state index contributed by atoms with van der Waals surface area (Å²) in [6, 6.07) is 13.8. The molecule has 0 heterocycles. The van der Waals surface area contributed by atoms with Crippen LogP contribution in [0.25, 0.3) is 10.8 Å². The summed E-state index contributed by atoms with van der Waals surface area (Å²) in [5.74, 6) is 0.438. The summed E-state index contributed by atoms with van der Waals surface area (Å²) in [5.41, 5.74) is -0.407. The van der Waals surface area contributed by atoms with Crippen molar-refractivity contribution in [2.45, 2.75) is 41.0 Å². The Labute approximate surface area is 127 Å². The third-order valence-corrected chi connectivity index (χ3v) is 3.46. The zero-order valence-corrected chi connectivity index (χ0v) is 13.6. The third kappa shape index (κ3) is 4.07. The van der Waals surface area contributed by atoms with Crippen molar-refractivity contribution in [1.82, 2.24) is 0 Å². The van der Waals surface area contributed by atoms with Gasteiger partial charge in [0.05, 0.1) is 5.41 Å². The topological polar surface area (TPSA) is 26.3 Å². The Morgan fingerprint density at radius 3 is 2.19 bits per heavy atom. The van der Waals surface area contributed by atoms with Crippen molar-refractivity contribution in [2.24, 2.45) is 10.8 Å². The minimum atomic E-state index is -0.496. The average molecular weight is 284 g/mol. The average Bonchev–Trinajstić information content (AvgIpc) is 2.35. The molecule has 2 heteroatoms. The van der Waals surface area contributed by atoms with Crippen LogP contribution in [0.15, 0.2) is 42.5 Å². The minimum absolute atomic E-state index is 0.0892. The number of rotatable bonds is 3. The molecule has 0 saturated heterocycles. The van der Waals surface area contributed by atoms with Gasteiger partial charge in [-0.3, -0.25) is 4.79 Å². The third-order valence-electron chi connectivity index (χ3n) is 3.46. The van der Waals surface area contributed by atoms with Gasteiger partial charge in [0, 0.05) is 0 Å². The van der Waals surface area contributed by atoms with Gasteiger partial charge in [0.1, 0.15) is 5.75 Å². The molecule has 112 valence electrons. The van der Waals surface area contributed by atoms with E-state index in [0.29, 0.717) is 5.75 Å². The number of fused-ring (bicyclic) bond motifs is 1. The summed E-state index contributed by atoms with van der Waals surface area (Å²) in [7, 11) is 0. The van der Waals surface area contributed by atoms with Gasteiger partial charge >= 0.3 is 5.97 Å². The van der Waals surface area contributed by atoms with Crippen molar-refractivity contribution in [1.29, 1.82) is 0 Å². The number of ether oxygens (including phenoxy) is 1. The van der Waals surface area contributed by atoms with Crippen LogP contribution in [-0.2, 0) is 4.79 Å². The number of benzene rings is 2. The first-order valence-corrected chi connectivity index (χ1v) is 7.38. The molecule has 0 saturated carbocycles. The van der Waals surface area contributed by atoms with Gasteiger partial charge in [0.25, 0.3) is 0 Å². The summed E-state index contributed by atoms with van der Waals surface area (Å²) in [6.07, 6.45) is 0.784. The first-order valence-electron chi connectivity index (χ1n) is 7.38. The number of hydrogen-bond donors (Lipinski definition) is 0. The van der Waals surface area contributed by atoms with Crippen LogP contribution in [-0.4, -0.2) is 5.97 Å². The summed E-state index contributed by atoms with van der Waals surface area (Å²) >= 11 is 0. The molecule has 0 atom stereocenters. The SMILES string of the molecule is CC(C)(C)CC(C)(C)C(=O)Oc1ccc2ccccc2c1. The van der Waals surface area contributed by atoms with E-state index < -0.39 is 5.41 Å². The lowest BCUT2D eigenvalue weighted by atomic mass is 9.76. The minimum Gasteiger partial charge on any atom is -0.426 e. The highest BCUT2D eigenvalue weighted by Gasteiger charge is 2.34. The van der Waals surface area contributed by atoms with Gasteiger partial charge < -0.3 is 4.74 Å². The molecule has 0 amide bonds. The predicted octanol–water partition coefficient (Wildman–Crippen LogP) is 5.21. The van der Waals surface area contributed by atoms with E-state index in [0.717, 1.165) is 17.2 Å². The van der Waals surface area contributed by atoms with Gasteiger partial charge in [-0.25, -0.2) is 0 Å². The second-order valence-corrected chi connectivity index (χ2v) is 7.52. The van der Waals surface area contributed by atoms with Crippen LogP contribution < -0.4 is 4.74 Å². The first-order chi connectivity index (χ1) is 9.67. The van der Waals surface area contributed by atoms with Crippen LogP contribution in [0.4, 0.5) is 0 Å². The van der Waals surface area contributed by atoms with Crippen LogP contribution >= 0.6 is 0 Å². The quantitative estimate of drug-likeness (QED) is 0.571. The second-order valence-electron chi connectivity index (χ2n) is 7.52. The summed E-state index contributed by atoms with van der Waals surface area (Å²) in [6.45, 7) is 10.3. The van der Waals surface area contributed by atoms with Crippen molar-refractivity contribution in [3.05, 3.63) is 42.5 Å². The van der Waals surface area contributed by atoms with Gasteiger partial charge in [-0.05, 0) is 48.6 Å². The van der Waals surface area contributed by atoms with E-state index in [2.05, 4.69) is 20.8 Å². The molecule has 0 N–H and O–H groups in total. The Hall–Kier alpha value is -1.83. The van der Waals surface area contributed by atoms with Gasteiger partial charge in [-0.1, -0.05) is 51.1 Å². The van der Waals surface area contributed by atoms with Gasteiger partial charge in [-0.15, -0.1) is 0 Å². The molecule has 0 bridgehead atoms. The van der Waals surface area contributed by atoms with Crippen molar-refractivity contribution in [3.63, 3.8) is 0 Å². The number of carbonyl (C=O) groups excluding carboxylic acids is 1. The fraction of sp³-hybridized carbons (Fsp3) is 0.421. The Balaban J connectivity index is 2.17.